The number of fused-ring (bicyclic) bond motifs is 6. The van der Waals surface area contributed by atoms with Crippen LogP contribution in [0.5, 0.6) is 0 Å². The van der Waals surface area contributed by atoms with Gasteiger partial charge in [-0.2, -0.15) is 0 Å². The lowest BCUT2D eigenvalue weighted by Gasteiger charge is -2.63. The molecule has 14 unspecified atom stereocenters. The number of carbonyl (C=O) groups excluding carboxylic acids is 4. The third-order valence-corrected chi connectivity index (χ3v) is 16.7. The summed E-state index contributed by atoms with van der Waals surface area (Å²) >= 11 is 1.52. The lowest BCUT2D eigenvalue weighted by molar-refractivity contribution is -0.207. The summed E-state index contributed by atoms with van der Waals surface area (Å²) in [6.07, 6.45) is 12.0. The van der Waals surface area contributed by atoms with E-state index < -0.39 is 18.2 Å². The molecule has 1 saturated heterocycles. The van der Waals surface area contributed by atoms with Crippen LogP contribution in [0.2, 0.25) is 0 Å². The Hall–Kier alpha value is -2.88. The molecule has 4 N–H and O–H groups in total. The van der Waals surface area contributed by atoms with Crippen LogP contribution >= 0.6 is 11.8 Å². The molecule has 0 radical (unpaired) electrons. The van der Waals surface area contributed by atoms with E-state index in [1.54, 1.807) is 0 Å². The highest BCUT2D eigenvalue weighted by Crippen LogP contribution is 2.68. The Labute approximate surface area is 330 Å². The lowest BCUT2D eigenvalue weighted by atomic mass is 9.43. The predicted molar refractivity (Wildman–Crippen MR) is 210 cm³/mol. The van der Waals surface area contributed by atoms with Crippen molar-refractivity contribution in [3.8, 4) is 12.3 Å². The van der Waals surface area contributed by atoms with Gasteiger partial charge < -0.3 is 20.6 Å². The molecule has 2 heterocycles. The third-order valence-electron chi connectivity index (χ3n) is 15.3. The average Bonchev–Trinajstić information content (AvgIpc) is 3.50. The molecule has 0 aromatic rings. The van der Waals surface area contributed by atoms with Crippen molar-refractivity contribution in [1.82, 2.24) is 10.2 Å². The fraction of sp³-hybridized carbons (Fsp3) is 0.810. The molecule has 4 aliphatic carbocycles. The molecular weight excluding hydrogens is 719 g/mol. The van der Waals surface area contributed by atoms with Crippen molar-refractivity contribution in [2.75, 3.05) is 12.3 Å². The van der Waals surface area contributed by atoms with E-state index in [1.807, 2.05) is 6.92 Å². The van der Waals surface area contributed by atoms with E-state index in [-0.39, 0.29) is 126 Å². The molecule has 6 aliphatic rings. The molecule has 2 aliphatic heterocycles. The SMILES string of the molecule is C#CCC(CC(=O)CCCN=[N+]=[N-])CC(=O)C1=C(C)CSC2C(NC(=O)CCC(C)C3CCC4C5C(O)CC6CC(O)CCC6(C)C5CC(O)C34C)C(=O)N12. The number of ketones is 2. The van der Waals surface area contributed by atoms with Crippen molar-refractivity contribution in [2.45, 2.75) is 147 Å². The summed E-state index contributed by atoms with van der Waals surface area (Å²) in [5.74, 6) is 3.14. The molecule has 14 atom stereocenters. The maximum absolute atomic E-state index is 13.7. The van der Waals surface area contributed by atoms with Gasteiger partial charge in [-0.25, -0.2) is 0 Å². The Morgan fingerprint density at radius 3 is 2.60 bits per heavy atom. The number of carbonyl (C=O) groups is 4. The Morgan fingerprint density at radius 1 is 1.11 bits per heavy atom. The Bertz CT molecular complexity index is 1640. The van der Waals surface area contributed by atoms with Crippen LogP contribution in [0, 0.1) is 64.6 Å². The van der Waals surface area contributed by atoms with Crippen LogP contribution in [0.4, 0.5) is 0 Å². The van der Waals surface area contributed by atoms with E-state index in [0.29, 0.717) is 30.7 Å². The molecule has 55 heavy (non-hydrogen) atoms. The number of nitrogens with one attached hydrogen (secondary N) is 1. The fourth-order valence-corrected chi connectivity index (χ4v) is 13.6. The maximum Gasteiger partial charge on any atom is 0.253 e. The molecule has 13 heteroatoms. The summed E-state index contributed by atoms with van der Waals surface area (Å²) in [5, 5.41) is 40.0. The summed E-state index contributed by atoms with van der Waals surface area (Å²) in [6.45, 7) is 8.79. The van der Waals surface area contributed by atoms with E-state index in [1.165, 1.54) is 16.7 Å². The van der Waals surface area contributed by atoms with Gasteiger partial charge in [0.15, 0.2) is 5.78 Å². The van der Waals surface area contributed by atoms with Gasteiger partial charge in [-0.3, -0.25) is 24.1 Å². The summed E-state index contributed by atoms with van der Waals surface area (Å²) in [4.78, 5) is 57.4. The van der Waals surface area contributed by atoms with Crippen molar-refractivity contribution in [3.05, 3.63) is 21.7 Å². The maximum atomic E-state index is 13.7. The number of rotatable bonds is 15. The number of allylic oxidation sites excluding steroid dienone is 1. The van der Waals surface area contributed by atoms with Crippen molar-refractivity contribution in [2.24, 2.45) is 57.4 Å². The van der Waals surface area contributed by atoms with Crippen LogP contribution in [-0.4, -0.2) is 85.6 Å². The normalized spacial score (nSPS) is 38.9. The van der Waals surface area contributed by atoms with Gasteiger partial charge in [0.1, 0.15) is 17.2 Å². The van der Waals surface area contributed by atoms with E-state index >= 15 is 0 Å². The molecule has 4 saturated carbocycles. The standard InChI is InChI=1S/C42H61N5O7S/c1-6-8-25(17-27(48)9-7-16-44-46-43)18-33(51)38-24(3)22-55-40-37(39(54)47(38)40)45-35(53)13-10-23(2)29-11-12-30-36-31(21-34(52)42(29,30)5)41(4)15-14-28(49)19-26(41)20-32(36)50/h1,23,25-26,28-32,34,36-37,40,49-50,52H,7-22H2,2-5H3,(H,45,53). The average molecular weight is 780 g/mol. The lowest BCUT2D eigenvalue weighted by Crippen LogP contribution is -2.70. The van der Waals surface area contributed by atoms with Crippen LogP contribution in [-0.2, 0) is 19.2 Å². The van der Waals surface area contributed by atoms with Gasteiger partial charge in [-0.15, -0.1) is 24.1 Å². The van der Waals surface area contributed by atoms with Crippen molar-refractivity contribution in [1.29, 1.82) is 0 Å². The first-order valence-electron chi connectivity index (χ1n) is 20.6. The van der Waals surface area contributed by atoms with E-state index in [2.05, 4.69) is 42.0 Å². The molecule has 6 rings (SSSR count). The molecule has 302 valence electrons. The number of thioether (sulfide) groups is 1. The number of hydrogen-bond donors (Lipinski definition) is 4. The van der Waals surface area contributed by atoms with Crippen LogP contribution < -0.4 is 5.32 Å². The highest BCUT2D eigenvalue weighted by atomic mass is 32.2. The van der Waals surface area contributed by atoms with Crippen LogP contribution in [0.15, 0.2) is 16.4 Å². The van der Waals surface area contributed by atoms with Gasteiger partial charge in [-0.05, 0) is 128 Å². The zero-order valence-electron chi connectivity index (χ0n) is 33.0. The number of terminal acetylenes is 1. The molecule has 0 aromatic carbocycles. The first kappa shape index (κ1) is 41.7. The van der Waals surface area contributed by atoms with E-state index in [4.69, 9.17) is 12.0 Å². The van der Waals surface area contributed by atoms with Crippen molar-refractivity contribution >= 4 is 35.1 Å². The topological polar surface area (TPSA) is 193 Å². The zero-order valence-corrected chi connectivity index (χ0v) is 33.8. The number of β-lactam (4-membered cyclic amide) rings is 1. The Balaban J connectivity index is 1.03. The summed E-state index contributed by atoms with van der Waals surface area (Å²) in [5.41, 5.74) is 9.24. The number of aliphatic hydroxyl groups excluding tert-OH is 3. The number of amides is 2. The summed E-state index contributed by atoms with van der Waals surface area (Å²) in [7, 11) is 0. The highest BCUT2D eigenvalue weighted by Gasteiger charge is 2.65. The number of aliphatic hydroxyl groups is 3. The summed E-state index contributed by atoms with van der Waals surface area (Å²) < 4.78 is 0. The smallest absolute Gasteiger partial charge is 0.253 e. The largest absolute Gasteiger partial charge is 0.393 e. The zero-order chi connectivity index (χ0) is 39.8. The Kier molecular flexibility index (Phi) is 12.8. The molecule has 12 nitrogen and oxygen atoms in total. The van der Waals surface area contributed by atoms with Crippen LogP contribution in [0.3, 0.4) is 0 Å². The van der Waals surface area contributed by atoms with Gasteiger partial charge in [0.2, 0.25) is 5.91 Å². The van der Waals surface area contributed by atoms with Crippen LogP contribution in [0.1, 0.15) is 118 Å². The second-order valence-corrected chi connectivity index (χ2v) is 19.4. The monoisotopic (exact) mass is 779 g/mol. The Morgan fingerprint density at radius 2 is 1.87 bits per heavy atom. The minimum Gasteiger partial charge on any atom is -0.393 e. The quantitative estimate of drug-likeness (QED) is 0.0407. The van der Waals surface area contributed by atoms with Crippen molar-refractivity contribution in [3.63, 3.8) is 0 Å². The molecule has 0 aromatic heterocycles. The van der Waals surface area contributed by atoms with Gasteiger partial charge in [0, 0.05) is 49.3 Å². The van der Waals surface area contributed by atoms with Crippen LogP contribution in [0.25, 0.3) is 10.4 Å². The van der Waals surface area contributed by atoms with Gasteiger partial charge in [-0.1, -0.05) is 25.9 Å². The predicted octanol–water partition coefficient (Wildman–Crippen LogP) is 5.69. The van der Waals surface area contributed by atoms with E-state index in [0.717, 1.165) is 44.1 Å². The molecule has 0 bridgehead atoms. The number of nitrogens with zero attached hydrogens (tertiary/aromatic N) is 4. The summed E-state index contributed by atoms with van der Waals surface area (Å²) in [6, 6.07) is -0.729. The van der Waals surface area contributed by atoms with Crippen molar-refractivity contribution < 1.29 is 34.5 Å². The molecule has 0 spiro atoms. The second kappa shape index (κ2) is 16.9. The second-order valence-electron chi connectivity index (χ2n) is 18.3. The number of Topliss-reactive ketones (excluding diaryl/α,β-unsaturated/α-hetero) is 2. The van der Waals surface area contributed by atoms with Gasteiger partial charge in [0.05, 0.1) is 24.0 Å². The highest BCUT2D eigenvalue weighted by molar-refractivity contribution is 8.00. The minimum atomic E-state index is -0.729. The van der Waals surface area contributed by atoms with Gasteiger partial charge >= 0.3 is 0 Å². The minimum absolute atomic E-state index is 0.0159. The van der Waals surface area contributed by atoms with Gasteiger partial charge in [0.25, 0.3) is 5.91 Å². The first-order chi connectivity index (χ1) is 26.1. The molecule has 5 fully saturated rings. The molecular formula is C42H61N5O7S. The fourth-order valence-electron chi connectivity index (χ4n) is 12.4. The number of hydrogen-bond acceptors (Lipinski definition) is 9. The molecule has 2 amide bonds. The first-order valence-corrected chi connectivity index (χ1v) is 21.7. The van der Waals surface area contributed by atoms with E-state index in [9.17, 15) is 34.5 Å². The number of azide groups is 1. The third kappa shape index (κ3) is 7.88.